The summed E-state index contributed by atoms with van der Waals surface area (Å²) in [5.74, 6) is 0.915. The number of fused-ring (bicyclic) bond motifs is 2. The number of imidazole rings is 1. The molecule has 0 radical (unpaired) electrons. The van der Waals surface area contributed by atoms with Gasteiger partial charge in [0, 0.05) is 42.2 Å². The van der Waals surface area contributed by atoms with Crippen LogP contribution in [0.5, 0.6) is 11.5 Å². The Morgan fingerprint density at radius 2 is 1.88 bits per heavy atom. The number of benzene rings is 1. The fourth-order valence-electron chi connectivity index (χ4n) is 6.63. The van der Waals surface area contributed by atoms with E-state index in [0.717, 1.165) is 86.2 Å². The average Bonchev–Trinajstić information content (AvgIpc) is 3.24. The minimum atomic E-state index is -1.12. The zero-order valence-electron chi connectivity index (χ0n) is 23.5. The molecule has 1 saturated carbocycles. The van der Waals surface area contributed by atoms with Gasteiger partial charge in [0.25, 0.3) is 5.79 Å². The molecule has 0 amide bonds. The molecule has 1 aromatic carbocycles. The Balaban J connectivity index is 1.09. The molecule has 42 heavy (non-hydrogen) atoms. The molecule has 4 heterocycles. The van der Waals surface area contributed by atoms with Crippen LogP contribution in [0.15, 0.2) is 53.1 Å². The first-order valence-corrected chi connectivity index (χ1v) is 15.6. The van der Waals surface area contributed by atoms with Crippen molar-refractivity contribution in [2.45, 2.75) is 82.6 Å². The van der Waals surface area contributed by atoms with E-state index in [0.29, 0.717) is 28.3 Å². The Labute approximate surface area is 254 Å². The first kappa shape index (κ1) is 27.9. The zero-order chi connectivity index (χ0) is 28.8. The third-order valence-corrected chi connectivity index (χ3v) is 9.47. The fraction of sp³-hybridized carbons (Fsp3) is 0.469. The van der Waals surface area contributed by atoms with Crippen LogP contribution in [0.25, 0.3) is 11.2 Å². The lowest BCUT2D eigenvalue weighted by atomic mass is 9.89. The minimum absolute atomic E-state index is 0.183. The van der Waals surface area contributed by atoms with Crippen molar-refractivity contribution in [2.24, 2.45) is 5.92 Å². The van der Waals surface area contributed by atoms with Gasteiger partial charge in [0.2, 0.25) is 5.75 Å². The zero-order valence-corrected chi connectivity index (χ0v) is 25.0. The third kappa shape index (κ3) is 5.33. The Kier molecular flexibility index (Phi) is 7.49. The molecule has 10 heteroatoms. The molecule has 220 valence electrons. The molecule has 3 unspecified atom stereocenters. The van der Waals surface area contributed by atoms with Crippen LogP contribution in [0.1, 0.15) is 69.2 Å². The van der Waals surface area contributed by atoms with Gasteiger partial charge >= 0.3 is 0 Å². The van der Waals surface area contributed by atoms with E-state index in [9.17, 15) is 0 Å². The van der Waals surface area contributed by atoms with E-state index in [4.69, 9.17) is 42.4 Å². The van der Waals surface area contributed by atoms with Gasteiger partial charge in [-0.3, -0.25) is 0 Å². The second-order valence-electron chi connectivity index (χ2n) is 11.8. The summed E-state index contributed by atoms with van der Waals surface area (Å²) in [7, 11) is 0. The monoisotopic (exact) mass is 610 g/mol. The number of halogens is 3. The molecule has 0 bridgehead atoms. The smallest absolute Gasteiger partial charge is 0.275 e. The standard InChI is InChI=1S/C32H33Cl2FN4O3/c1-32(21-6-3-7-22(33)11-10-21)41-29-24(12-13-25(35)30(29)42-32)20-5-2-4-19(8-9-20)16-28-36-26-17-27(34)37-38-31(26)39(28)18-23-14-15-40-23/h6-7,10-13,17,19-20,23H,2-5,8-9,14-16,18H2,1H3/t19?,20?,23-,32?/m0/s1. The van der Waals surface area contributed by atoms with E-state index < -0.39 is 11.6 Å². The van der Waals surface area contributed by atoms with Gasteiger partial charge in [0.15, 0.2) is 22.4 Å². The van der Waals surface area contributed by atoms with Gasteiger partial charge in [-0.2, -0.15) is 0 Å². The quantitative estimate of drug-likeness (QED) is 0.265. The van der Waals surface area contributed by atoms with Crippen molar-refractivity contribution in [3.63, 3.8) is 0 Å². The summed E-state index contributed by atoms with van der Waals surface area (Å²) < 4.78 is 35.6. The maximum absolute atomic E-state index is 15.0. The van der Waals surface area contributed by atoms with Gasteiger partial charge in [-0.25, -0.2) is 9.37 Å². The molecule has 3 aromatic rings. The van der Waals surface area contributed by atoms with Crippen LogP contribution in [-0.4, -0.2) is 38.2 Å². The minimum Gasteiger partial charge on any atom is -0.444 e. The topological polar surface area (TPSA) is 71.3 Å². The molecule has 0 N–H and O–H groups in total. The molecular formula is C32H33Cl2FN4O3. The van der Waals surface area contributed by atoms with Crippen LogP contribution in [-0.2, 0) is 17.7 Å². The molecule has 2 fully saturated rings. The number of rotatable bonds is 6. The number of hydrogen-bond donors (Lipinski definition) is 0. The number of hydrogen-bond acceptors (Lipinski definition) is 6. The van der Waals surface area contributed by atoms with Gasteiger partial charge < -0.3 is 18.8 Å². The summed E-state index contributed by atoms with van der Waals surface area (Å²) in [6.45, 7) is 3.37. The number of ether oxygens (including phenoxy) is 3. The van der Waals surface area contributed by atoms with Gasteiger partial charge in [0.1, 0.15) is 11.3 Å². The summed E-state index contributed by atoms with van der Waals surface area (Å²) in [4.78, 5) is 4.93. The molecular weight excluding hydrogens is 578 g/mol. The molecule has 0 spiro atoms. The first-order valence-electron chi connectivity index (χ1n) is 14.8. The summed E-state index contributed by atoms with van der Waals surface area (Å²) >= 11 is 12.3. The van der Waals surface area contributed by atoms with Crippen molar-refractivity contribution in [1.29, 1.82) is 0 Å². The predicted molar refractivity (Wildman–Crippen MR) is 160 cm³/mol. The molecule has 7 nitrogen and oxygen atoms in total. The fourth-order valence-corrected chi connectivity index (χ4v) is 6.92. The van der Waals surface area contributed by atoms with E-state index in [-0.39, 0.29) is 17.8 Å². The highest BCUT2D eigenvalue weighted by molar-refractivity contribution is 6.31. The van der Waals surface area contributed by atoms with Crippen LogP contribution in [0, 0.1) is 11.7 Å². The second kappa shape index (κ2) is 11.3. The van der Waals surface area contributed by atoms with Crippen molar-refractivity contribution in [1.82, 2.24) is 19.7 Å². The molecule has 4 aliphatic rings. The van der Waals surface area contributed by atoms with Crippen LogP contribution >= 0.6 is 23.2 Å². The first-order chi connectivity index (χ1) is 20.4. The van der Waals surface area contributed by atoms with Gasteiger partial charge in [0.05, 0.1) is 12.6 Å². The molecule has 2 aliphatic heterocycles. The lowest BCUT2D eigenvalue weighted by Crippen LogP contribution is -2.36. The average molecular weight is 612 g/mol. The van der Waals surface area contributed by atoms with E-state index in [1.165, 1.54) is 6.07 Å². The lowest BCUT2D eigenvalue weighted by Gasteiger charge is -2.27. The predicted octanol–water partition coefficient (Wildman–Crippen LogP) is 7.81. The largest absolute Gasteiger partial charge is 0.444 e. The second-order valence-corrected chi connectivity index (χ2v) is 12.7. The van der Waals surface area contributed by atoms with Crippen LogP contribution in [0.3, 0.4) is 0 Å². The summed E-state index contributed by atoms with van der Waals surface area (Å²) in [6.07, 6.45) is 15.5. The molecule has 2 aromatic heterocycles. The lowest BCUT2D eigenvalue weighted by molar-refractivity contribution is -0.0591. The molecule has 2 aliphatic carbocycles. The van der Waals surface area contributed by atoms with Crippen LogP contribution < -0.4 is 9.47 Å². The van der Waals surface area contributed by atoms with E-state index in [1.54, 1.807) is 6.07 Å². The summed E-state index contributed by atoms with van der Waals surface area (Å²) in [5, 5.41) is 9.43. The SMILES string of the molecule is CC1(C2=CCC=C(Cl)C=C2)Oc2c(F)ccc(C3CCCC(Cc4nc5cc(Cl)nnc5n4C[C@@H]4CCO4)CC3)c2O1. The highest BCUT2D eigenvalue weighted by atomic mass is 35.5. The van der Waals surface area contributed by atoms with Crippen molar-refractivity contribution < 1.29 is 18.6 Å². The maximum Gasteiger partial charge on any atom is 0.275 e. The Morgan fingerprint density at radius 1 is 1.02 bits per heavy atom. The van der Waals surface area contributed by atoms with Crippen LogP contribution in [0.2, 0.25) is 5.15 Å². The van der Waals surface area contributed by atoms with Gasteiger partial charge in [-0.15, -0.1) is 10.2 Å². The normalized spacial score (nSPS) is 27.3. The van der Waals surface area contributed by atoms with Gasteiger partial charge in [-0.05, 0) is 62.5 Å². The summed E-state index contributed by atoms with van der Waals surface area (Å²) in [5.41, 5.74) is 3.37. The maximum atomic E-state index is 15.0. The van der Waals surface area contributed by atoms with Crippen molar-refractivity contribution in [3.05, 3.63) is 75.5 Å². The molecule has 1 saturated heterocycles. The van der Waals surface area contributed by atoms with E-state index in [1.807, 2.05) is 37.3 Å². The summed E-state index contributed by atoms with van der Waals surface area (Å²) in [6, 6.07) is 5.18. The van der Waals surface area contributed by atoms with Crippen LogP contribution in [0.4, 0.5) is 4.39 Å². The van der Waals surface area contributed by atoms with Gasteiger partial charge in [-0.1, -0.05) is 53.9 Å². The highest BCUT2D eigenvalue weighted by Gasteiger charge is 2.43. The molecule has 4 atom stereocenters. The number of aromatic nitrogens is 4. The van der Waals surface area contributed by atoms with Crippen molar-refractivity contribution in [2.75, 3.05) is 6.61 Å². The van der Waals surface area contributed by atoms with Crippen molar-refractivity contribution >= 4 is 34.4 Å². The highest BCUT2D eigenvalue weighted by Crippen LogP contribution is 2.51. The third-order valence-electron chi connectivity index (χ3n) is 9.01. The van der Waals surface area contributed by atoms with E-state index >= 15 is 4.39 Å². The Hall–Kier alpha value is -2.94. The van der Waals surface area contributed by atoms with Crippen molar-refractivity contribution in [3.8, 4) is 11.5 Å². The Bertz CT molecular complexity index is 1610. The van der Waals surface area contributed by atoms with E-state index in [2.05, 4.69) is 14.8 Å². The number of allylic oxidation sites excluding steroid dienone is 4. The number of nitrogens with zero attached hydrogens (tertiary/aromatic N) is 4. The molecule has 7 rings (SSSR count). The Morgan fingerprint density at radius 3 is 2.71 bits per heavy atom.